The van der Waals surface area contributed by atoms with Crippen LogP contribution in [0, 0.1) is 5.92 Å². The molecule has 1 aliphatic heterocycles. The number of amides is 2. The molecule has 1 aromatic carbocycles. The molecule has 1 N–H and O–H groups in total. The molecule has 0 aliphatic carbocycles. The molecule has 1 heterocycles. The molecule has 1 aromatic rings. The summed E-state index contributed by atoms with van der Waals surface area (Å²) in [5.74, 6) is 0.603. The lowest BCUT2D eigenvalue weighted by Gasteiger charge is -2.33. The van der Waals surface area contributed by atoms with E-state index in [-0.39, 0.29) is 11.8 Å². The van der Waals surface area contributed by atoms with Crippen molar-refractivity contribution in [2.45, 2.75) is 45.4 Å². The van der Waals surface area contributed by atoms with Crippen molar-refractivity contribution < 1.29 is 14.3 Å². The van der Waals surface area contributed by atoms with Gasteiger partial charge in [-0.3, -0.25) is 9.59 Å². The van der Waals surface area contributed by atoms with Crippen LogP contribution in [0.1, 0.15) is 55.8 Å². The first kappa shape index (κ1) is 19.4. The van der Waals surface area contributed by atoms with Crippen molar-refractivity contribution in [2.75, 3.05) is 32.1 Å². The number of methoxy groups -OCH3 is 1. The second-order valence-corrected chi connectivity index (χ2v) is 6.77. The molecule has 0 unspecified atom stereocenters. The van der Waals surface area contributed by atoms with Crippen LogP contribution in [0.5, 0.6) is 0 Å². The summed E-state index contributed by atoms with van der Waals surface area (Å²) in [5, 5.41) is 2.86. The van der Waals surface area contributed by atoms with Crippen molar-refractivity contribution in [1.82, 2.24) is 4.90 Å². The number of carbonyl (C=O) groups excluding carboxylic acids is 2. The second-order valence-electron chi connectivity index (χ2n) is 6.77. The van der Waals surface area contributed by atoms with Crippen molar-refractivity contribution >= 4 is 17.5 Å². The molecule has 0 saturated carbocycles. The molecule has 5 nitrogen and oxygen atoms in total. The van der Waals surface area contributed by atoms with E-state index >= 15 is 0 Å². The highest BCUT2D eigenvalue weighted by molar-refractivity contribution is 5.97. The highest BCUT2D eigenvalue weighted by atomic mass is 16.5. The second kappa shape index (κ2) is 10.2. The van der Waals surface area contributed by atoms with Gasteiger partial charge in [-0.15, -0.1) is 0 Å². The Bertz CT molecular complexity index is 574. The largest absolute Gasteiger partial charge is 0.385 e. The van der Waals surface area contributed by atoms with Gasteiger partial charge >= 0.3 is 0 Å². The van der Waals surface area contributed by atoms with Crippen molar-refractivity contribution in [2.24, 2.45) is 5.92 Å². The van der Waals surface area contributed by atoms with E-state index in [0.717, 1.165) is 45.4 Å². The molecule has 5 heteroatoms. The summed E-state index contributed by atoms with van der Waals surface area (Å²) in [6, 6.07) is 7.26. The van der Waals surface area contributed by atoms with Crippen LogP contribution >= 0.6 is 0 Å². The van der Waals surface area contributed by atoms with E-state index in [2.05, 4.69) is 5.32 Å². The predicted molar refractivity (Wildman–Crippen MR) is 99.7 cm³/mol. The quantitative estimate of drug-likeness (QED) is 0.730. The molecule has 0 spiro atoms. The molecule has 0 radical (unpaired) electrons. The van der Waals surface area contributed by atoms with Crippen LogP contribution in [0.2, 0.25) is 0 Å². The summed E-state index contributed by atoms with van der Waals surface area (Å²) in [4.78, 5) is 26.5. The average molecular weight is 346 g/mol. The molecule has 0 bridgehead atoms. The van der Waals surface area contributed by atoms with Gasteiger partial charge in [-0.05, 0) is 56.2 Å². The Hall–Kier alpha value is -1.88. The number of hydrogen-bond donors (Lipinski definition) is 1. The molecular weight excluding hydrogens is 316 g/mol. The predicted octanol–water partition coefficient (Wildman–Crippen LogP) is 3.70. The summed E-state index contributed by atoms with van der Waals surface area (Å²) in [6.45, 7) is 4.38. The fourth-order valence-corrected chi connectivity index (χ4v) is 3.36. The maximum atomic E-state index is 12.8. The normalized spacial score (nSPS) is 17.4. The Balaban J connectivity index is 1.96. The number of nitrogens with zero attached hydrogens (tertiary/aromatic N) is 1. The van der Waals surface area contributed by atoms with Crippen molar-refractivity contribution in [1.29, 1.82) is 0 Å². The van der Waals surface area contributed by atoms with E-state index < -0.39 is 0 Å². The standard InChI is InChI=1S/C20H30N2O3/c1-3-7-19(23)21-18-11-4-10-17(14-18)20(24)22-12-5-8-16(15-22)9-6-13-25-2/h4,10-11,14,16H,3,5-9,12-13,15H2,1-2H3,(H,21,23)/t16-/m0/s1. The smallest absolute Gasteiger partial charge is 0.253 e. The lowest BCUT2D eigenvalue weighted by atomic mass is 9.93. The van der Waals surface area contributed by atoms with E-state index in [9.17, 15) is 9.59 Å². The van der Waals surface area contributed by atoms with E-state index in [4.69, 9.17) is 4.74 Å². The molecule has 25 heavy (non-hydrogen) atoms. The Labute approximate surface area is 150 Å². The Morgan fingerprint density at radius 2 is 2.20 bits per heavy atom. The zero-order chi connectivity index (χ0) is 18.1. The van der Waals surface area contributed by atoms with Gasteiger partial charge in [0.25, 0.3) is 5.91 Å². The van der Waals surface area contributed by atoms with Gasteiger partial charge in [-0.2, -0.15) is 0 Å². The van der Waals surface area contributed by atoms with Gasteiger partial charge in [-0.1, -0.05) is 13.0 Å². The van der Waals surface area contributed by atoms with Crippen LogP contribution in [-0.2, 0) is 9.53 Å². The topological polar surface area (TPSA) is 58.6 Å². The summed E-state index contributed by atoms with van der Waals surface area (Å²) >= 11 is 0. The van der Waals surface area contributed by atoms with E-state index in [1.54, 1.807) is 13.2 Å². The monoisotopic (exact) mass is 346 g/mol. The molecule has 1 aliphatic rings. The third-order valence-corrected chi connectivity index (χ3v) is 4.64. The number of anilines is 1. The first-order chi connectivity index (χ1) is 12.1. The van der Waals surface area contributed by atoms with Crippen molar-refractivity contribution in [3.8, 4) is 0 Å². The minimum atomic E-state index is -0.0109. The van der Waals surface area contributed by atoms with Crippen molar-refractivity contribution in [3.63, 3.8) is 0 Å². The number of carbonyl (C=O) groups is 2. The Kier molecular flexibility index (Phi) is 7.92. The average Bonchev–Trinajstić information content (AvgIpc) is 2.62. The number of piperidine rings is 1. The molecule has 2 rings (SSSR count). The lowest BCUT2D eigenvalue weighted by molar-refractivity contribution is -0.116. The minimum absolute atomic E-state index is 0.0109. The summed E-state index contributed by atoms with van der Waals surface area (Å²) in [5.41, 5.74) is 1.34. The zero-order valence-electron chi connectivity index (χ0n) is 15.4. The fourth-order valence-electron chi connectivity index (χ4n) is 3.36. The van der Waals surface area contributed by atoms with Crippen LogP contribution < -0.4 is 5.32 Å². The number of ether oxygens (including phenoxy) is 1. The van der Waals surface area contributed by atoms with Crippen molar-refractivity contribution in [3.05, 3.63) is 29.8 Å². The van der Waals surface area contributed by atoms with Gasteiger partial charge in [-0.25, -0.2) is 0 Å². The Morgan fingerprint density at radius 1 is 1.36 bits per heavy atom. The molecule has 0 aromatic heterocycles. The molecule has 1 fully saturated rings. The van der Waals surface area contributed by atoms with Gasteiger partial charge in [0.05, 0.1) is 0 Å². The van der Waals surface area contributed by atoms with Gasteiger partial charge in [0.15, 0.2) is 0 Å². The molecule has 1 atom stereocenters. The third-order valence-electron chi connectivity index (χ3n) is 4.64. The first-order valence-electron chi connectivity index (χ1n) is 9.32. The van der Waals surface area contributed by atoms with Crippen LogP contribution in [-0.4, -0.2) is 43.5 Å². The van der Waals surface area contributed by atoms with Crippen LogP contribution in [0.3, 0.4) is 0 Å². The maximum absolute atomic E-state index is 12.8. The molecule has 1 saturated heterocycles. The number of hydrogen-bond acceptors (Lipinski definition) is 3. The number of nitrogens with one attached hydrogen (secondary N) is 1. The number of likely N-dealkylation sites (tertiary alicyclic amines) is 1. The van der Waals surface area contributed by atoms with E-state index in [0.29, 0.717) is 23.6 Å². The lowest BCUT2D eigenvalue weighted by Crippen LogP contribution is -2.40. The number of benzene rings is 1. The zero-order valence-corrected chi connectivity index (χ0v) is 15.4. The highest BCUT2D eigenvalue weighted by Gasteiger charge is 2.24. The molecule has 138 valence electrons. The summed E-state index contributed by atoms with van der Waals surface area (Å²) in [6.07, 6.45) is 5.68. The summed E-state index contributed by atoms with van der Waals surface area (Å²) < 4.78 is 5.12. The van der Waals surface area contributed by atoms with Crippen LogP contribution in [0.4, 0.5) is 5.69 Å². The third kappa shape index (κ3) is 6.16. The fraction of sp³-hybridized carbons (Fsp3) is 0.600. The minimum Gasteiger partial charge on any atom is -0.385 e. The SMILES string of the molecule is CCCC(=O)Nc1cccc(C(=O)N2CCC[C@@H](CCCOC)C2)c1. The van der Waals surface area contributed by atoms with Gasteiger partial charge in [0.2, 0.25) is 5.91 Å². The van der Waals surface area contributed by atoms with Gasteiger partial charge in [0.1, 0.15) is 0 Å². The maximum Gasteiger partial charge on any atom is 0.253 e. The van der Waals surface area contributed by atoms with Gasteiger partial charge < -0.3 is 15.0 Å². The summed E-state index contributed by atoms with van der Waals surface area (Å²) in [7, 11) is 1.73. The van der Waals surface area contributed by atoms with Crippen LogP contribution in [0.25, 0.3) is 0 Å². The van der Waals surface area contributed by atoms with E-state index in [1.165, 1.54) is 6.42 Å². The molecular formula is C20H30N2O3. The van der Waals surface area contributed by atoms with Gasteiger partial charge in [0, 0.05) is 44.5 Å². The molecule has 2 amide bonds. The highest BCUT2D eigenvalue weighted by Crippen LogP contribution is 2.23. The Morgan fingerprint density at radius 3 is 2.96 bits per heavy atom. The number of rotatable bonds is 8. The first-order valence-corrected chi connectivity index (χ1v) is 9.32. The van der Waals surface area contributed by atoms with E-state index in [1.807, 2.05) is 30.0 Å². The van der Waals surface area contributed by atoms with Crippen LogP contribution in [0.15, 0.2) is 24.3 Å².